The molecular weight excluding hydrogens is 297 g/mol. The molecule has 1 aliphatic carbocycles. The predicted molar refractivity (Wildman–Crippen MR) is 90.4 cm³/mol. The second-order valence-corrected chi connectivity index (χ2v) is 6.25. The van der Waals surface area contributed by atoms with Crippen LogP contribution < -0.4 is 15.5 Å². The van der Waals surface area contributed by atoms with E-state index >= 15 is 0 Å². The molecule has 1 aliphatic rings. The first-order valence-corrected chi connectivity index (χ1v) is 8.22. The second-order valence-electron chi connectivity index (χ2n) is 6.25. The van der Waals surface area contributed by atoms with Crippen LogP contribution in [0.15, 0.2) is 18.2 Å². The highest BCUT2D eigenvalue weighted by Gasteiger charge is 2.20. The maximum absolute atomic E-state index is 14.4. The lowest BCUT2D eigenvalue weighted by Crippen LogP contribution is -2.38. The van der Waals surface area contributed by atoms with E-state index in [1.54, 1.807) is 19.1 Å². The van der Waals surface area contributed by atoms with Gasteiger partial charge in [-0.25, -0.2) is 9.18 Å². The smallest absolute Gasteiger partial charge is 0.319 e. The minimum absolute atomic E-state index is 0.146. The van der Waals surface area contributed by atoms with E-state index in [1.165, 1.54) is 25.3 Å². The minimum atomic E-state index is -0.459. The molecule has 1 saturated carbocycles. The number of aliphatic hydroxyl groups excluding tert-OH is 1. The zero-order valence-corrected chi connectivity index (χ0v) is 13.8. The molecule has 1 atom stereocenters. The lowest BCUT2D eigenvalue weighted by Gasteiger charge is -2.33. The van der Waals surface area contributed by atoms with Crippen molar-refractivity contribution in [2.24, 2.45) is 0 Å². The number of anilines is 2. The molecule has 0 radical (unpaired) electrons. The summed E-state index contributed by atoms with van der Waals surface area (Å²) in [5.41, 5.74) is 0.956. The second kappa shape index (κ2) is 8.15. The highest BCUT2D eigenvalue weighted by molar-refractivity contribution is 5.89. The maximum atomic E-state index is 14.4. The Morgan fingerprint density at radius 3 is 2.70 bits per heavy atom. The molecule has 5 nitrogen and oxygen atoms in total. The van der Waals surface area contributed by atoms with Gasteiger partial charge in [-0.05, 0) is 38.0 Å². The predicted octanol–water partition coefficient (Wildman–Crippen LogP) is 3.10. The van der Waals surface area contributed by atoms with Crippen molar-refractivity contribution >= 4 is 17.4 Å². The number of carbonyl (C=O) groups is 1. The van der Waals surface area contributed by atoms with E-state index in [-0.39, 0.29) is 18.5 Å². The van der Waals surface area contributed by atoms with Crippen molar-refractivity contribution < 1.29 is 14.3 Å². The van der Waals surface area contributed by atoms with E-state index in [4.69, 9.17) is 5.11 Å². The molecule has 3 N–H and O–H groups in total. The Kier molecular flexibility index (Phi) is 6.21. The van der Waals surface area contributed by atoms with E-state index in [1.807, 2.05) is 11.9 Å². The Morgan fingerprint density at radius 2 is 2.09 bits per heavy atom. The average molecular weight is 323 g/mol. The number of aliphatic hydroxyl groups is 1. The van der Waals surface area contributed by atoms with E-state index in [0.29, 0.717) is 17.4 Å². The number of carbonyl (C=O) groups excluding carboxylic acids is 1. The summed E-state index contributed by atoms with van der Waals surface area (Å²) in [5.74, 6) is -0.342. The van der Waals surface area contributed by atoms with Crippen LogP contribution in [0.2, 0.25) is 0 Å². The van der Waals surface area contributed by atoms with Crippen LogP contribution in [0.1, 0.15) is 39.0 Å². The molecule has 128 valence electrons. The first-order chi connectivity index (χ1) is 11.0. The zero-order valence-electron chi connectivity index (χ0n) is 13.8. The van der Waals surface area contributed by atoms with Crippen molar-refractivity contribution in [2.45, 2.75) is 51.1 Å². The van der Waals surface area contributed by atoms with Gasteiger partial charge in [0, 0.05) is 18.8 Å². The van der Waals surface area contributed by atoms with Crippen LogP contribution in [-0.2, 0) is 0 Å². The minimum Gasteiger partial charge on any atom is -0.394 e. The molecule has 0 aliphatic heterocycles. The largest absolute Gasteiger partial charge is 0.394 e. The molecule has 2 amide bonds. The van der Waals surface area contributed by atoms with Gasteiger partial charge in [0.05, 0.1) is 18.3 Å². The Labute approximate surface area is 136 Å². The monoisotopic (exact) mass is 323 g/mol. The first-order valence-electron chi connectivity index (χ1n) is 8.22. The fraction of sp³-hybridized carbons (Fsp3) is 0.588. The van der Waals surface area contributed by atoms with Gasteiger partial charge < -0.3 is 20.6 Å². The number of amides is 2. The SMILES string of the molecule is CC(CO)NC(=O)Nc1ccc(N(C)C2CCCCC2)c(F)c1. The van der Waals surface area contributed by atoms with Crippen LogP contribution >= 0.6 is 0 Å². The van der Waals surface area contributed by atoms with Crippen LogP contribution in [-0.4, -0.2) is 36.9 Å². The normalized spacial score (nSPS) is 16.7. The van der Waals surface area contributed by atoms with Crippen molar-refractivity contribution in [2.75, 3.05) is 23.9 Å². The summed E-state index contributed by atoms with van der Waals surface area (Å²) in [5, 5.41) is 14.0. The third kappa shape index (κ3) is 4.82. The third-order valence-corrected chi connectivity index (χ3v) is 4.36. The molecule has 2 rings (SSSR count). The third-order valence-electron chi connectivity index (χ3n) is 4.36. The van der Waals surface area contributed by atoms with Gasteiger partial charge in [0.1, 0.15) is 5.82 Å². The molecule has 1 unspecified atom stereocenters. The number of nitrogens with zero attached hydrogens (tertiary/aromatic N) is 1. The van der Waals surface area contributed by atoms with Gasteiger partial charge in [-0.15, -0.1) is 0 Å². The molecular formula is C17H26FN3O2. The number of hydrogen-bond donors (Lipinski definition) is 3. The van der Waals surface area contributed by atoms with Crippen molar-refractivity contribution in [3.63, 3.8) is 0 Å². The van der Waals surface area contributed by atoms with E-state index in [2.05, 4.69) is 10.6 Å². The fourth-order valence-electron chi connectivity index (χ4n) is 2.97. The molecule has 1 aromatic carbocycles. The lowest BCUT2D eigenvalue weighted by molar-refractivity contribution is 0.229. The molecule has 1 fully saturated rings. The number of nitrogens with one attached hydrogen (secondary N) is 2. The molecule has 1 aromatic rings. The zero-order chi connectivity index (χ0) is 16.8. The standard InChI is InChI=1S/C17H26FN3O2/c1-12(11-22)19-17(23)20-13-8-9-16(15(18)10-13)21(2)14-6-4-3-5-7-14/h8-10,12,14,22H,3-7,11H2,1-2H3,(H2,19,20,23). The van der Waals surface area contributed by atoms with E-state index < -0.39 is 6.03 Å². The first kappa shape index (κ1) is 17.5. The highest BCUT2D eigenvalue weighted by Crippen LogP contribution is 2.29. The van der Waals surface area contributed by atoms with Gasteiger partial charge in [-0.2, -0.15) is 0 Å². The summed E-state index contributed by atoms with van der Waals surface area (Å²) in [6.07, 6.45) is 5.84. The summed E-state index contributed by atoms with van der Waals surface area (Å²) >= 11 is 0. The highest BCUT2D eigenvalue weighted by atomic mass is 19.1. The Balaban J connectivity index is 2.01. The average Bonchev–Trinajstić information content (AvgIpc) is 2.55. The Bertz CT molecular complexity index is 533. The van der Waals surface area contributed by atoms with Gasteiger partial charge in [-0.3, -0.25) is 0 Å². The molecule has 0 spiro atoms. The van der Waals surface area contributed by atoms with Crippen molar-refractivity contribution in [1.82, 2.24) is 5.32 Å². The summed E-state index contributed by atoms with van der Waals surface area (Å²) in [7, 11) is 1.93. The molecule has 0 aromatic heterocycles. The molecule has 0 bridgehead atoms. The van der Waals surface area contributed by atoms with Crippen molar-refractivity contribution in [3.8, 4) is 0 Å². The van der Waals surface area contributed by atoms with Crippen LogP contribution in [0.3, 0.4) is 0 Å². The lowest BCUT2D eigenvalue weighted by atomic mass is 9.94. The topological polar surface area (TPSA) is 64.6 Å². The van der Waals surface area contributed by atoms with Crippen LogP contribution in [0.4, 0.5) is 20.6 Å². The summed E-state index contributed by atoms with van der Waals surface area (Å²) < 4.78 is 14.4. The van der Waals surface area contributed by atoms with Crippen molar-refractivity contribution in [3.05, 3.63) is 24.0 Å². The van der Waals surface area contributed by atoms with Crippen LogP contribution in [0, 0.1) is 5.82 Å². The number of benzene rings is 1. The quantitative estimate of drug-likeness (QED) is 0.780. The molecule has 6 heteroatoms. The number of urea groups is 1. The van der Waals surface area contributed by atoms with Gasteiger partial charge in [0.2, 0.25) is 0 Å². The van der Waals surface area contributed by atoms with E-state index in [9.17, 15) is 9.18 Å². The number of rotatable bonds is 5. The van der Waals surface area contributed by atoms with Gasteiger partial charge in [0.15, 0.2) is 0 Å². The molecule has 23 heavy (non-hydrogen) atoms. The van der Waals surface area contributed by atoms with Gasteiger partial charge >= 0.3 is 6.03 Å². The Hall–Kier alpha value is -1.82. The molecule has 0 heterocycles. The van der Waals surface area contributed by atoms with Gasteiger partial charge in [0.25, 0.3) is 0 Å². The van der Waals surface area contributed by atoms with Crippen molar-refractivity contribution in [1.29, 1.82) is 0 Å². The summed E-state index contributed by atoms with van der Waals surface area (Å²) in [6.45, 7) is 1.54. The number of hydrogen-bond acceptors (Lipinski definition) is 3. The van der Waals surface area contributed by atoms with E-state index in [0.717, 1.165) is 12.8 Å². The van der Waals surface area contributed by atoms with Crippen LogP contribution in [0.5, 0.6) is 0 Å². The molecule has 0 saturated heterocycles. The fourth-order valence-corrected chi connectivity index (χ4v) is 2.97. The maximum Gasteiger partial charge on any atom is 0.319 e. The number of halogens is 1. The van der Waals surface area contributed by atoms with Crippen LogP contribution in [0.25, 0.3) is 0 Å². The summed E-state index contributed by atoms with van der Waals surface area (Å²) in [4.78, 5) is 13.7. The summed E-state index contributed by atoms with van der Waals surface area (Å²) in [6, 6.07) is 4.30. The van der Waals surface area contributed by atoms with Gasteiger partial charge in [-0.1, -0.05) is 19.3 Å². The Morgan fingerprint density at radius 1 is 1.39 bits per heavy atom.